The number of fused-ring (bicyclic) bond motifs is 4. The number of piperazine rings is 1. The molecule has 3 heterocycles. The topological polar surface area (TPSA) is 56.4 Å². The highest BCUT2D eigenvalue weighted by Gasteiger charge is 2.46. The molecule has 0 saturated carbocycles. The second kappa shape index (κ2) is 6.80. The molecular formula is C23H27N3O2. The molecule has 5 heteroatoms. The van der Waals surface area contributed by atoms with Crippen LogP contribution in [0.2, 0.25) is 0 Å². The zero-order chi connectivity index (χ0) is 19.3. The van der Waals surface area contributed by atoms with E-state index in [0.717, 1.165) is 30.5 Å². The smallest absolute Gasteiger partial charge is 0.246 e. The number of para-hydroxylation sites is 1. The van der Waals surface area contributed by atoms with E-state index in [4.69, 9.17) is 0 Å². The summed E-state index contributed by atoms with van der Waals surface area (Å²) in [6.45, 7) is 2.91. The molecule has 0 radical (unpaired) electrons. The molecule has 1 aliphatic carbocycles. The number of carbonyl (C=O) groups excluding carboxylic acids is 2. The van der Waals surface area contributed by atoms with E-state index >= 15 is 0 Å². The summed E-state index contributed by atoms with van der Waals surface area (Å²) in [5.41, 5.74) is 4.81. The first-order valence-electron chi connectivity index (χ1n) is 10.5. The van der Waals surface area contributed by atoms with Gasteiger partial charge >= 0.3 is 0 Å². The lowest BCUT2D eigenvalue weighted by Crippen LogP contribution is -2.62. The minimum absolute atomic E-state index is 0.0685. The number of H-pyrrole nitrogens is 1. The summed E-state index contributed by atoms with van der Waals surface area (Å²) in [6, 6.07) is 7.75. The largest absolute Gasteiger partial charge is 0.356 e. The van der Waals surface area contributed by atoms with Crippen molar-refractivity contribution in [2.45, 2.75) is 57.5 Å². The first kappa shape index (κ1) is 17.5. The molecule has 1 aromatic carbocycles. The summed E-state index contributed by atoms with van der Waals surface area (Å²) < 4.78 is 0. The van der Waals surface area contributed by atoms with E-state index in [9.17, 15) is 9.59 Å². The number of benzene rings is 1. The van der Waals surface area contributed by atoms with E-state index < -0.39 is 0 Å². The molecule has 2 aliphatic heterocycles. The van der Waals surface area contributed by atoms with Crippen molar-refractivity contribution in [3.8, 4) is 0 Å². The van der Waals surface area contributed by atoms with Crippen LogP contribution in [0.1, 0.15) is 56.3 Å². The van der Waals surface area contributed by atoms with Crippen molar-refractivity contribution in [1.82, 2.24) is 14.8 Å². The van der Waals surface area contributed by atoms with Crippen LogP contribution in [-0.4, -0.2) is 45.7 Å². The maximum Gasteiger partial charge on any atom is 0.246 e. The molecule has 2 amide bonds. The van der Waals surface area contributed by atoms with Gasteiger partial charge in [0.2, 0.25) is 11.8 Å². The van der Waals surface area contributed by atoms with Gasteiger partial charge in [-0.25, -0.2) is 0 Å². The van der Waals surface area contributed by atoms with Gasteiger partial charge < -0.3 is 14.8 Å². The number of hydrogen-bond acceptors (Lipinski definition) is 2. The van der Waals surface area contributed by atoms with Crippen molar-refractivity contribution in [1.29, 1.82) is 0 Å². The molecule has 146 valence electrons. The van der Waals surface area contributed by atoms with Gasteiger partial charge in [-0.1, -0.05) is 29.8 Å². The SMILES string of the molecule is C[C@@H]1c2[nH]c3ccccc3c2C[C@H]2C(=O)N(CCC3=CCCCC3)CC(=O)N12. The minimum atomic E-state index is -0.372. The van der Waals surface area contributed by atoms with Crippen LogP contribution in [0.25, 0.3) is 10.9 Å². The summed E-state index contributed by atoms with van der Waals surface area (Å²) >= 11 is 0. The fraction of sp³-hybridized carbons (Fsp3) is 0.478. The second-order valence-electron chi connectivity index (χ2n) is 8.38. The van der Waals surface area contributed by atoms with Gasteiger partial charge in [-0.3, -0.25) is 9.59 Å². The fourth-order valence-electron chi connectivity index (χ4n) is 5.23. The highest BCUT2D eigenvalue weighted by molar-refractivity contribution is 5.97. The lowest BCUT2D eigenvalue weighted by Gasteiger charge is -2.46. The fourth-order valence-corrected chi connectivity index (χ4v) is 5.23. The number of nitrogens with zero attached hydrogens (tertiary/aromatic N) is 2. The molecule has 28 heavy (non-hydrogen) atoms. The van der Waals surface area contributed by atoms with Gasteiger partial charge in [0, 0.05) is 29.6 Å². The number of amides is 2. The Labute approximate surface area is 165 Å². The Morgan fingerprint density at radius 2 is 2.04 bits per heavy atom. The third kappa shape index (κ3) is 2.76. The van der Waals surface area contributed by atoms with Gasteiger partial charge in [0.25, 0.3) is 0 Å². The van der Waals surface area contributed by atoms with E-state index in [0.29, 0.717) is 13.0 Å². The Hall–Kier alpha value is -2.56. The van der Waals surface area contributed by atoms with E-state index in [-0.39, 0.29) is 30.4 Å². The van der Waals surface area contributed by atoms with E-state index in [1.54, 1.807) is 4.90 Å². The molecule has 2 atom stereocenters. The normalized spacial score (nSPS) is 25.0. The quantitative estimate of drug-likeness (QED) is 0.829. The molecule has 5 rings (SSSR count). The van der Waals surface area contributed by atoms with Crippen molar-refractivity contribution in [3.05, 3.63) is 47.2 Å². The maximum absolute atomic E-state index is 13.3. The molecule has 1 aromatic heterocycles. The molecule has 1 fully saturated rings. The van der Waals surface area contributed by atoms with Crippen LogP contribution in [0, 0.1) is 0 Å². The third-order valence-corrected chi connectivity index (χ3v) is 6.71. The second-order valence-corrected chi connectivity index (χ2v) is 8.38. The molecule has 5 nitrogen and oxygen atoms in total. The Morgan fingerprint density at radius 1 is 1.18 bits per heavy atom. The van der Waals surface area contributed by atoms with Crippen LogP contribution in [0.5, 0.6) is 0 Å². The molecule has 3 aliphatic rings. The van der Waals surface area contributed by atoms with Gasteiger partial charge in [-0.15, -0.1) is 0 Å². The lowest BCUT2D eigenvalue weighted by atomic mass is 9.89. The molecule has 1 N–H and O–H groups in total. The lowest BCUT2D eigenvalue weighted by molar-refractivity contribution is -0.159. The molecule has 0 unspecified atom stereocenters. The van der Waals surface area contributed by atoms with Gasteiger partial charge in [-0.2, -0.15) is 0 Å². The first-order chi connectivity index (χ1) is 13.6. The van der Waals surface area contributed by atoms with Crippen LogP contribution in [0.3, 0.4) is 0 Å². The predicted octanol–water partition coefficient (Wildman–Crippen LogP) is 3.71. The number of nitrogens with one attached hydrogen (secondary N) is 1. The third-order valence-electron chi connectivity index (χ3n) is 6.71. The summed E-state index contributed by atoms with van der Waals surface area (Å²) in [7, 11) is 0. The van der Waals surface area contributed by atoms with E-state index in [2.05, 4.69) is 23.2 Å². The van der Waals surface area contributed by atoms with Gasteiger partial charge in [-0.05, 0) is 50.7 Å². The number of aromatic amines is 1. The molecule has 0 spiro atoms. The van der Waals surface area contributed by atoms with Crippen molar-refractivity contribution >= 4 is 22.7 Å². The Balaban J connectivity index is 1.41. The summed E-state index contributed by atoms with van der Waals surface area (Å²) in [5.74, 6) is 0.179. The summed E-state index contributed by atoms with van der Waals surface area (Å²) in [6.07, 6.45) is 8.64. The zero-order valence-corrected chi connectivity index (χ0v) is 16.4. The number of aromatic nitrogens is 1. The number of rotatable bonds is 3. The van der Waals surface area contributed by atoms with Crippen molar-refractivity contribution in [2.75, 3.05) is 13.1 Å². The summed E-state index contributed by atoms with van der Waals surface area (Å²) in [4.78, 5) is 33.4. The maximum atomic E-state index is 13.3. The predicted molar refractivity (Wildman–Crippen MR) is 109 cm³/mol. The van der Waals surface area contributed by atoms with Gasteiger partial charge in [0.15, 0.2) is 0 Å². The van der Waals surface area contributed by atoms with E-state index in [1.807, 2.05) is 24.0 Å². The van der Waals surface area contributed by atoms with Gasteiger partial charge in [0.1, 0.15) is 6.04 Å². The van der Waals surface area contributed by atoms with Crippen LogP contribution >= 0.6 is 0 Å². The van der Waals surface area contributed by atoms with Gasteiger partial charge in [0.05, 0.1) is 12.6 Å². The van der Waals surface area contributed by atoms with Crippen LogP contribution in [0.4, 0.5) is 0 Å². The number of hydrogen-bond donors (Lipinski definition) is 1. The Bertz CT molecular complexity index is 973. The number of allylic oxidation sites excluding steroid dienone is 1. The van der Waals surface area contributed by atoms with Crippen molar-refractivity contribution in [2.24, 2.45) is 0 Å². The first-order valence-corrected chi connectivity index (χ1v) is 10.5. The molecule has 2 aromatic rings. The zero-order valence-electron chi connectivity index (χ0n) is 16.4. The number of carbonyl (C=O) groups is 2. The monoisotopic (exact) mass is 377 g/mol. The standard InChI is InChI=1S/C23H27N3O2/c1-15-22-18(17-9-5-6-10-19(17)24-22)13-20-23(28)25(14-21(27)26(15)20)12-11-16-7-3-2-4-8-16/h5-7,9-10,15,20,24H,2-4,8,11-14H2,1H3/t15-,20+/m1/s1. The average molecular weight is 377 g/mol. The van der Waals surface area contributed by atoms with Crippen LogP contribution in [-0.2, 0) is 16.0 Å². The molecular weight excluding hydrogens is 350 g/mol. The van der Waals surface area contributed by atoms with Crippen LogP contribution in [0.15, 0.2) is 35.9 Å². The highest BCUT2D eigenvalue weighted by atomic mass is 16.2. The minimum Gasteiger partial charge on any atom is -0.356 e. The Kier molecular flexibility index (Phi) is 4.26. The van der Waals surface area contributed by atoms with Crippen molar-refractivity contribution < 1.29 is 9.59 Å². The highest BCUT2D eigenvalue weighted by Crippen LogP contribution is 2.39. The summed E-state index contributed by atoms with van der Waals surface area (Å²) in [5, 5.41) is 1.17. The van der Waals surface area contributed by atoms with Crippen molar-refractivity contribution in [3.63, 3.8) is 0 Å². The van der Waals surface area contributed by atoms with E-state index in [1.165, 1.54) is 29.4 Å². The molecule has 0 bridgehead atoms. The van der Waals surface area contributed by atoms with Crippen LogP contribution < -0.4 is 0 Å². The Morgan fingerprint density at radius 3 is 2.86 bits per heavy atom. The molecule has 1 saturated heterocycles. The average Bonchev–Trinajstić information content (AvgIpc) is 3.09.